The molecule has 0 heterocycles. The molecular formula is C13H14FNO4. The number of halogens is 1. The van der Waals surface area contributed by atoms with Gasteiger partial charge in [-0.3, -0.25) is 0 Å². The van der Waals surface area contributed by atoms with Crippen molar-refractivity contribution >= 4 is 17.7 Å². The zero-order valence-corrected chi connectivity index (χ0v) is 10.6. The second-order valence-electron chi connectivity index (χ2n) is 3.43. The van der Waals surface area contributed by atoms with E-state index in [-0.39, 0.29) is 5.69 Å². The van der Waals surface area contributed by atoms with Gasteiger partial charge in [-0.05, 0) is 24.6 Å². The van der Waals surface area contributed by atoms with E-state index in [9.17, 15) is 14.0 Å². The van der Waals surface area contributed by atoms with Gasteiger partial charge in [-0.15, -0.1) is 0 Å². The number of nitrogens with zero attached hydrogens (tertiary/aromatic N) is 1. The molecular weight excluding hydrogens is 253 g/mol. The minimum atomic E-state index is -1.17. The Kier molecular flexibility index (Phi) is 7.68. The Morgan fingerprint density at radius 3 is 2.47 bits per heavy atom. The number of carbonyl (C=O) groups excluding carboxylic acids is 2. The van der Waals surface area contributed by atoms with Crippen LogP contribution < -0.4 is 0 Å². The number of esters is 1. The third kappa shape index (κ3) is 6.26. The molecule has 0 saturated carbocycles. The topological polar surface area (TPSA) is 76.0 Å². The molecule has 0 aliphatic rings. The number of aliphatic imine (C=N–C) groups is 1. The minimum absolute atomic E-state index is 0.0255. The van der Waals surface area contributed by atoms with E-state index < -0.39 is 17.9 Å². The van der Waals surface area contributed by atoms with Crippen molar-refractivity contribution in [2.75, 3.05) is 7.11 Å². The summed E-state index contributed by atoms with van der Waals surface area (Å²) in [6.45, 7) is 4.93. The van der Waals surface area contributed by atoms with Gasteiger partial charge in [0.25, 0.3) is 0 Å². The Bertz CT molecular complexity index is 495. The van der Waals surface area contributed by atoms with Crippen molar-refractivity contribution < 1.29 is 23.8 Å². The van der Waals surface area contributed by atoms with Crippen LogP contribution in [0.25, 0.3) is 0 Å². The van der Waals surface area contributed by atoms with Crippen LogP contribution in [0.3, 0.4) is 0 Å². The van der Waals surface area contributed by atoms with Crippen molar-refractivity contribution in [2.24, 2.45) is 4.99 Å². The fourth-order valence-corrected chi connectivity index (χ4v) is 0.904. The van der Waals surface area contributed by atoms with E-state index in [0.29, 0.717) is 5.57 Å². The average Bonchev–Trinajstić information content (AvgIpc) is 2.40. The van der Waals surface area contributed by atoms with Gasteiger partial charge in [0, 0.05) is 0 Å². The molecule has 0 aliphatic heterocycles. The average molecular weight is 267 g/mol. The van der Waals surface area contributed by atoms with Crippen LogP contribution in [0.15, 0.2) is 41.4 Å². The highest BCUT2D eigenvalue weighted by molar-refractivity contribution is 5.77. The van der Waals surface area contributed by atoms with E-state index in [4.69, 9.17) is 5.11 Å². The number of benzene rings is 1. The Morgan fingerprint density at radius 1 is 1.53 bits per heavy atom. The van der Waals surface area contributed by atoms with Crippen LogP contribution in [0.2, 0.25) is 0 Å². The number of carbonyl (C=O) groups is 1. The molecule has 0 aromatic heterocycles. The molecule has 0 saturated heterocycles. The lowest BCUT2D eigenvalue weighted by Crippen LogP contribution is -2.22. The first-order valence-electron chi connectivity index (χ1n) is 5.17. The summed E-state index contributed by atoms with van der Waals surface area (Å²) in [5.74, 6) is -1.17. The van der Waals surface area contributed by atoms with Crippen molar-refractivity contribution in [2.45, 2.75) is 13.0 Å². The van der Waals surface area contributed by atoms with E-state index in [1.54, 1.807) is 13.0 Å². The number of ether oxygens (including phenoxy) is 1. The summed E-state index contributed by atoms with van der Waals surface area (Å²) in [6, 6.07) is 5.76. The molecule has 1 rings (SSSR count). The number of hydrogen-bond donors (Lipinski definition) is 1. The van der Waals surface area contributed by atoms with Crippen LogP contribution >= 0.6 is 0 Å². The van der Waals surface area contributed by atoms with Crippen molar-refractivity contribution in [3.05, 3.63) is 42.2 Å². The number of hydrogen-bond acceptors (Lipinski definition) is 5. The van der Waals surface area contributed by atoms with Gasteiger partial charge in [0.15, 0.2) is 6.10 Å². The lowest BCUT2D eigenvalue weighted by molar-refractivity contribution is -0.148. The van der Waals surface area contributed by atoms with Crippen molar-refractivity contribution in [1.82, 2.24) is 0 Å². The number of para-hydroxylation sites is 1. The smallest absolute Gasteiger partial charge is 0.338 e. The number of aliphatic hydroxyl groups excluding tert-OH is 1. The summed E-state index contributed by atoms with van der Waals surface area (Å²) < 4.78 is 16.7. The number of methoxy groups -OCH3 is 1. The first kappa shape index (κ1) is 16.7. The molecule has 0 radical (unpaired) electrons. The van der Waals surface area contributed by atoms with Crippen LogP contribution in [0.4, 0.5) is 10.1 Å². The van der Waals surface area contributed by atoms with Gasteiger partial charge in [-0.2, -0.15) is 4.99 Å². The fourth-order valence-electron chi connectivity index (χ4n) is 0.904. The summed E-state index contributed by atoms with van der Waals surface area (Å²) in [5, 5.41) is 8.82. The molecule has 0 amide bonds. The van der Waals surface area contributed by atoms with Crippen LogP contribution in [-0.4, -0.2) is 30.4 Å². The second-order valence-corrected chi connectivity index (χ2v) is 3.43. The third-order valence-corrected chi connectivity index (χ3v) is 1.91. The summed E-state index contributed by atoms with van der Waals surface area (Å²) >= 11 is 0. The van der Waals surface area contributed by atoms with Gasteiger partial charge in [-0.1, -0.05) is 18.7 Å². The van der Waals surface area contributed by atoms with Gasteiger partial charge in [-0.25, -0.2) is 14.0 Å². The highest BCUT2D eigenvalue weighted by Gasteiger charge is 2.14. The predicted octanol–water partition coefficient (Wildman–Crippen LogP) is 1.89. The molecule has 1 N–H and O–H groups in total. The zero-order chi connectivity index (χ0) is 14.8. The standard InChI is InChI=1S/C7H4FNO.C6H10O3/c8-6-3-1-2-4-7(6)9-5-10;1-4(2)5(7)6(8)9-3/h1-4H;5,7H,1H2,2-3H3. The van der Waals surface area contributed by atoms with Gasteiger partial charge in [0.2, 0.25) is 6.08 Å². The van der Waals surface area contributed by atoms with Gasteiger partial charge >= 0.3 is 5.97 Å². The quantitative estimate of drug-likeness (QED) is 0.392. The molecule has 1 aromatic carbocycles. The van der Waals surface area contributed by atoms with E-state index in [0.717, 1.165) is 0 Å². The molecule has 1 unspecified atom stereocenters. The molecule has 0 bridgehead atoms. The molecule has 1 aromatic rings. The van der Waals surface area contributed by atoms with Crippen LogP contribution in [0.5, 0.6) is 0 Å². The number of aliphatic hydroxyl groups is 1. The van der Waals surface area contributed by atoms with Crippen LogP contribution in [-0.2, 0) is 14.3 Å². The molecule has 5 nitrogen and oxygen atoms in total. The normalized spacial score (nSPS) is 10.3. The van der Waals surface area contributed by atoms with Crippen molar-refractivity contribution in [1.29, 1.82) is 0 Å². The molecule has 19 heavy (non-hydrogen) atoms. The molecule has 0 fully saturated rings. The summed E-state index contributed by atoms with van der Waals surface area (Å²) in [7, 11) is 1.22. The monoisotopic (exact) mass is 267 g/mol. The Balaban J connectivity index is 0.000000344. The third-order valence-electron chi connectivity index (χ3n) is 1.91. The maximum absolute atomic E-state index is 12.5. The molecule has 0 aliphatic carbocycles. The van der Waals surface area contributed by atoms with E-state index >= 15 is 0 Å². The summed E-state index contributed by atoms with van der Waals surface area (Å²) in [6.07, 6.45) is 0.0885. The van der Waals surface area contributed by atoms with E-state index in [1.165, 1.54) is 31.4 Å². The maximum atomic E-state index is 12.5. The second kappa shape index (κ2) is 8.74. The SMILES string of the molecule is C=C(C)C(O)C(=O)OC.O=C=Nc1ccccc1F. The van der Waals surface area contributed by atoms with Gasteiger partial charge in [0.1, 0.15) is 11.5 Å². The van der Waals surface area contributed by atoms with E-state index in [1.807, 2.05) is 0 Å². The molecule has 0 spiro atoms. The Labute approximate surface area is 110 Å². The van der Waals surface area contributed by atoms with E-state index in [2.05, 4.69) is 16.3 Å². The zero-order valence-electron chi connectivity index (χ0n) is 10.6. The van der Waals surface area contributed by atoms with Crippen molar-refractivity contribution in [3.63, 3.8) is 0 Å². The van der Waals surface area contributed by atoms with Gasteiger partial charge in [0.05, 0.1) is 7.11 Å². The van der Waals surface area contributed by atoms with Crippen molar-refractivity contribution in [3.8, 4) is 0 Å². The first-order chi connectivity index (χ1) is 8.93. The largest absolute Gasteiger partial charge is 0.467 e. The van der Waals surface area contributed by atoms with Gasteiger partial charge < -0.3 is 9.84 Å². The molecule has 6 heteroatoms. The summed E-state index contributed by atoms with van der Waals surface area (Å²) in [4.78, 5) is 23.2. The highest BCUT2D eigenvalue weighted by atomic mass is 19.1. The summed E-state index contributed by atoms with van der Waals surface area (Å²) in [5.41, 5.74) is 0.416. The first-order valence-corrected chi connectivity index (χ1v) is 5.17. The maximum Gasteiger partial charge on any atom is 0.338 e. The molecule has 1 atom stereocenters. The Morgan fingerprint density at radius 2 is 2.11 bits per heavy atom. The van der Waals surface area contributed by atoms with Crippen LogP contribution in [0, 0.1) is 5.82 Å². The fraction of sp³-hybridized carbons (Fsp3) is 0.231. The Hall–Kier alpha value is -2.30. The predicted molar refractivity (Wildman–Crippen MR) is 67.0 cm³/mol. The number of isocyanates is 1. The number of rotatable bonds is 3. The lowest BCUT2D eigenvalue weighted by atomic mass is 10.2. The highest BCUT2D eigenvalue weighted by Crippen LogP contribution is 2.14. The lowest BCUT2D eigenvalue weighted by Gasteiger charge is -2.05. The molecule has 102 valence electrons. The minimum Gasteiger partial charge on any atom is -0.467 e. The van der Waals surface area contributed by atoms with Crippen LogP contribution in [0.1, 0.15) is 6.92 Å².